The molecule has 0 radical (unpaired) electrons. The molecule has 2 N–H and O–H groups in total. The quantitative estimate of drug-likeness (QED) is 0.854. The fourth-order valence-electron chi connectivity index (χ4n) is 3.61. The van der Waals surface area contributed by atoms with Crippen molar-refractivity contribution in [2.24, 2.45) is 5.92 Å². The number of rotatable bonds is 4. The Balaban J connectivity index is 1.80. The van der Waals surface area contributed by atoms with E-state index in [1.54, 1.807) is 12.1 Å². The van der Waals surface area contributed by atoms with Crippen molar-refractivity contribution in [3.8, 4) is 17.2 Å². The van der Waals surface area contributed by atoms with E-state index in [9.17, 15) is 14.7 Å². The molecule has 142 valence electrons. The second kappa shape index (κ2) is 8.29. The molecular formula is C19H25NO6. The Morgan fingerprint density at radius 2 is 1.85 bits per heavy atom. The Morgan fingerprint density at radius 1 is 1.12 bits per heavy atom. The van der Waals surface area contributed by atoms with Crippen molar-refractivity contribution in [2.75, 3.05) is 20.3 Å². The van der Waals surface area contributed by atoms with E-state index in [0.717, 1.165) is 25.7 Å². The Kier molecular flexibility index (Phi) is 5.85. The summed E-state index contributed by atoms with van der Waals surface area (Å²) in [7, 11) is 1.50. The van der Waals surface area contributed by atoms with E-state index in [4.69, 9.17) is 14.2 Å². The Bertz CT molecular complexity index is 657. The average Bonchev–Trinajstić information content (AvgIpc) is 2.62. The molecule has 0 aromatic heterocycles. The number of ether oxygens (including phenoxy) is 3. The van der Waals surface area contributed by atoms with Gasteiger partial charge < -0.3 is 24.6 Å². The van der Waals surface area contributed by atoms with Gasteiger partial charge in [0.25, 0.3) is 5.91 Å². The normalized spacial score (nSPS) is 22.7. The lowest BCUT2D eigenvalue weighted by Crippen LogP contribution is -2.44. The number of carboxylic acid groups (broad SMARTS) is 1. The van der Waals surface area contributed by atoms with E-state index >= 15 is 0 Å². The van der Waals surface area contributed by atoms with Crippen molar-refractivity contribution in [1.82, 2.24) is 5.32 Å². The number of hydrogen-bond acceptors (Lipinski definition) is 5. The van der Waals surface area contributed by atoms with E-state index < -0.39 is 11.9 Å². The van der Waals surface area contributed by atoms with Gasteiger partial charge in [0.05, 0.1) is 13.0 Å². The Labute approximate surface area is 152 Å². The number of carbonyl (C=O) groups excluding carboxylic acids is 1. The van der Waals surface area contributed by atoms with Gasteiger partial charge in [-0.25, -0.2) is 0 Å². The van der Waals surface area contributed by atoms with E-state index in [-0.39, 0.29) is 11.9 Å². The molecular weight excluding hydrogens is 338 g/mol. The van der Waals surface area contributed by atoms with Gasteiger partial charge in [-0.1, -0.05) is 25.7 Å². The first kappa shape index (κ1) is 18.4. The molecule has 1 fully saturated rings. The monoisotopic (exact) mass is 363 g/mol. The number of methoxy groups -OCH3 is 1. The maximum Gasteiger partial charge on any atom is 0.308 e. The SMILES string of the molecule is COc1cc(C(=O)NC2CCCCCCC2C(=O)O)cc2c1OCCO2. The molecule has 2 unspecified atom stereocenters. The summed E-state index contributed by atoms with van der Waals surface area (Å²) >= 11 is 0. The third-order valence-corrected chi connectivity index (χ3v) is 4.99. The van der Waals surface area contributed by atoms with Gasteiger partial charge in [0.2, 0.25) is 5.75 Å². The van der Waals surface area contributed by atoms with Gasteiger partial charge in [0.1, 0.15) is 13.2 Å². The average molecular weight is 363 g/mol. The highest BCUT2D eigenvalue weighted by Gasteiger charge is 2.31. The van der Waals surface area contributed by atoms with Crippen LogP contribution in [0, 0.1) is 5.92 Å². The van der Waals surface area contributed by atoms with Crippen LogP contribution in [-0.4, -0.2) is 43.3 Å². The van der Waals surface area contributed by atoms with Crippen molar-refractivity contribution >= 4 is 11.9 Å². The molecule has 1 aliphatic heterocycles. The number of carbonyl (C=O) groups is 2. The number of carboxylic acids is 1. The number of fused-ring (bicyclic) bond motifs is 1. The van der Waals surface area contributed by atoms with Gasteiger partial charge in [-0.2, -0.15) is 0 Å². The molecule has 1 aromatic rings. The molecule has 0 saturated heterocycles. The van der Waals surface area contributed by atoms with Gasteiger partial charge in [-0.05, 0) is 25.0 Å². The first-order valence-electron chi connectivity index (χ1n) is 9.11. The minimum atomic E-state index is -0.850. The first-order chi connectivity index (χ1) is 12.6. The largest absolute Gasteiger partial charge is 0.493 e. The van der Waals surface area contributed by atoms with Crippen LogP contribution < -0.4 is 19.5 Å². The van der Waals surface area contributed by atoms with Crippen LogP contribution in [0.4, 0.5) is 0 Å². The summed E-state index contributed by atoms with van der Waals surface area (Å²) in [5.74, 6) is -0.343. The van der Waals surface area contributed by atoms with Crippen molar-refractivity contribution in [3.63, 3.8) is 0 Å². The zero-order valence-electron chi connectivity index (χ0n) is 15.0. The van der Waals surface area contributed by atoms with Crippen molar-refractivity contribution in [1.29, 1.82) is 0 Å². The molecule has 3 rings (SSSR count). The second-order valence-corrected chi connectivity index (χ2v) is 6.72. The lowest BCUT2D eigenvalue weighted by molar-refractivity contribution is -0.143. The lowest BCUT2D eigenvalue weighted by atomic mass is 9.86. The van der Waals surface area contributed by atoms with Gasteiger partial charge in [0.15, 0.2) is 11.5 Å². The highest BCUT2D eigenvalue weighted by Crippen LogP contribution is 2.40. The molecule has 1 heterocycles. The predicted octanol–water partition coefficient (Wildman–Crippen LogP) is 2.62. The zero-order valence-corrected chi connectivity index (χ0v) is 15.0. The van der Waals surface area contributed by atoms with Crippen LogP contribution >= 0.6 is 0 Å². The fraction of sp³-hybridized carbons (Fsp3) is 0.579. The molecule has 1 saturated carbocycles. The van der Waals surface area contributed by atoms with E-state index in [1.807, 2.05) is 0 Å². The summed E-state index contributed by atoms with van der Waals surface area (Å²) in [5.41, 5.74) is 0.372. The molecule has 0 bridgehead atoms. The van der Waals surface area contributed by atoms with Gasteiger partial charge in [0, 0.05) is 11.6 Å². The molecule has 7 heteroatoms. The first-order valence-corrected chi connectivity index (χ1v) is 9.11. The molecule has 7 nitrogen and oxygen atoms in total. The molecule has 0 spiro atoms. The van der Waals surface area contributed by atoms with E-state index in [2.05, 4.69) is 5.32 Å². The van der Waals surface area contributed by atoms with E-state index in [1.165, 1.54) is 7.11 Å². The third-order valence-electron chi connectivity index (χ3n) is 4.99. The Morgan fingerprint density at radius 3 is 2.58 bits per heavy atom. The van der Waals surface area contributed by atoms with Crippen LogP contribution in [0.5, 0.6) is 17.2 Å². The van der Waals surface area contributed by atoms with Gasteiger partial charge >= 0.3 is 5.97 Å². The molecule has 2 aliphatic rings. The van der Waals surface area contributed by atoms with E-state index in [0.29, 0.717) is 48.9 Å². The van der Waals surface area contributed by atoms with Crippen LogP contribution in [0.2, 0.25) is 0 Å². The number of aliphatic carboxylic acids is 1. The minimum Gasteiger partial charge on any atom is -0.493 e. The summed E-state index contributed by atoms with van der Waals surface area (Å²) < 4.78 is 16.4. The highest BCUT2D eigenvalue weighted by molar-refractivity contribution is 5.96. The molecule has 2 atom stereocenters. The Hall–Kier alpha value is -2.44. The molecule has 1 amide bonds. The lowest BCUT2D eigenvalue weighted by Gasteiger charge is -2.27. The number of hydrogen-bond donors (Lipinski definition) is 2. The number of benzene rings is 1. The summed E-state index contributed by atoms with van der Waals surface area (Å²) in [6.07, 6.45) is 5.16. The summed E-state index contributed by atoms with van der Waals surface area (Å²) in [5, 5.41) is 12.5. The van der Waals surface area contributed by atoms with Gasteiger partial charge in [-0.3, -0.25) is 9.59 Å². The van der Waals surface area contributed by atoms with Crippen molar-refractivity contribution < 1.29 is 28.9 Å². The fourth-order valence-corrected chi connectivity index (χ4v) is 3.61. The minimum absolute atomic E-state index is 0.322. The second-order valence-electron chi connectivity index (χ2n) is 6.72. The summed E-state index contributed by atoms with van der Waals surface area (Å²) in [6.45, 7) is 0.836. The molecule has 26 heavy (non-hydrogen) atoms. The standard InChI is InChI=1S/C19H25NO6/c1-24-15-10-12(11-16-17(15)26-9-8-25-16)18(21)20-14-7-5-3-2-4-6-13(14)19(22)23/h10-11,13-14H,2-9H2,1H3,(H,20,21)(H,22,23). The maximum atomic E-state index is 12.8. The summed E-state index contributed by atoms with van der Waals surface area (Å²) in [6, 6.07) is 2.84. The van der Waals surface area contributed by atoms with Crippen LogP contribution in [0.25, 0.3) is 0 Å². The smallest absolute Gasteiger partial charge is 0.308 e. The number of nitrogens with one attached hydrogen (secondary N) is 1. The van der Waals surface area contributed by atoms with Gasteiger partial charge in [-0.15, -0.1) is 0 Å². The predicted molar refractivity (Wildman–Crippen MR) is 94.1 cm³/mol. The van der Waals surface area contributed by atoms with Crippen LogP contribution in [0.15, 0.2) is 12.1 Å². The number of amides is 1. The zero-order chi connectivity index (χ0) is 18.5. The maximum absolute atomic E-state index is 12.8. The third kappa shape index (κ3) is 4.03. The summed E-state index contributed by atoms with van der Waals surface area (Å²) in [4.78, 5) is 24.4. The topological polar surface area (TPSA) is 94.1 Å². The highest BCUT2D eigenvalue weighted by atomic mass is 16.6. The molecule has 1 aromatic carbocycles. The van der Waals surface area contributed by atoms with Crippen LogP contribution in [0.1, 0.15) is 48.9 Å². The van der Waals surface area contributed by atoms with Crippen molar-refractivity contribution in [2.45, 2.75) is 44.6 Å². The molecule has 1 aliphatic carbocycles. The van der Waals surface area contributed by atoms with Crippen molar-refractivity contribution in [3.05, 3.63) is 17.7 Å². The van der Waals surface area contributed by atoms with Crippen LogP contribution in [-0.2, 0) is 4.79 Å². The van der Waals surface area contributed by atoms with Crippen LogP contribution in [0.3, 0.4) is 0 Å².